The molecule has 2 bridgehead atoms. The average molecular weight is 559 g/mol. The predicted molar refractivity (Wildman–Crippen MR) is 147 cm³/mol. The Kier molecular flexibility index (Phi) is 7.64. The molecule has 0 spiro atoms. The van der Waals surface area contributed by atoms with Gasteiger partial charge in [-0.2, -0.15) is 0 Å². The quantitative estimate of drug-likeness (QED) is 0.405. The molecule has 10 heteroatoms. The number of carbonyl (C=O) groups excluding carboxylic acids is 2. The fraction of sp³-hybridized carbons (Fsp3) is 0.733. The van der Waals surface area contributed by atoms with Crippen LogP contribution in [-0.2, 0) is 25.6 Å². The monoisotopic (exact) mass is 559 g/mol. The molecule has 1 aliphatic heterocycles. The minimum absolute atomic E-state index is 0.0214. The molecular formula is C30H43BFNO7. The summed E-state index contributed by atoms with van der Waals surface area (Å²) in [5, 5.41) is 21.9. The zero-order valence-corrected chi connectivity index (χ0v) is 24.5. The van der Waals surface area contributed by atoms with Gasteiger partial charge in [-0.1, -0.05) is 33.8 Å². The number of ketones is 1. The van der Waals surface area contributed by atoms with E-state index in [0.717, 1.165) is 19.3 Å². The van der Waals surface area contributed by atoms with Crippen molar-refractivity contribution in [1.29, 1.82) is 0 Å². The van der Waals surface area contributed by atoms with Crippen LogP contribution in [0, 0.1) is 39.8 Å². The topological polar surface area (TPSA) is 106 Å². The first-order valence-corrected chi connectivity index (χ1v) is 14.5. The second-order valence-electron chi connectivity index (χ2n) is 13.6. The van der Waals surface area contributed by atoms with Gasteiger partial charge in [0.2, 0.25) is 0 Å². The lowest BCUT2D eigenvalue weighted by molar-refractivity contribution is -0.213. The molecule has 0 radical (unpaired) electrons. The second kappa shape index (κ2) is 10.4. The third kappa shape index (κ3) is 4.50. The fourth-order valence-corrected chi connectivity index (χ4v) is 8.93. The SMILES string of the molecule is C[C@H]1[C@H](O)[C@](C)(CN(C)C)C[C@@H](OC(=O)COc2ccc3c(c2F)B(O)OC3)[C@@]2(C)[C@@H]3C(=O)CC[C@]31CC[C@@H]2C. The molecule has 0 unspecified atom stereocenters. The molecule has 0 amide bonds. The Morgan fingerprint density at radius 3 is 2.67 bits per heavy atom. The van der Waals surface area contributed by atoms with Gasteiger partial charge >= 0.3 is 13.1 Å². The van der Waals surface area contributed by atoms with Gasteiger partial charge in [0.15, 0.2) is 18.2 Å². The van der Waals surface area contributed by atoms with Gasteiger partial charge in [0.05, 0.1) is 12.7 Å². The molecule has 3 saturated carbocycles. The number of hydrogen-bond donors (Lipinski definition) is 2. The lowest BCUT2D eigenvalue weighted by Gasteiger charge is -2.62. The minimum Gasteiger partial charge on any atom is -0.479 e. The molecule has 220 valence electrons. The number of esters is 1. The maximum atomic E-state index is 15.0. The van der Waals surface area contributed by atoms with Crippen molar-refractivity contribution in [2.24, 2.45) is 34.0 Å². The van der Waals surface area contributed by atoms with E-state index in [9.17, 15) is 19.7 Å². The van der Waals surface area contributed by atoms with Crippen molar-refractivity contribution in [2.45, 2.75) is 78.6 Å². The smallest absolute Gasteiger partial charge is 0.479 e. The van der Waals surface area contributed by atoms with Crippen LogP contribution in [-0.4, -0.2) is 73.4 Å². The van der Waals surface area contributed by atoms with Crippen LogP contribution in [0.1, 0.15) is 65.4 Å². The van der Waals surface area contributed by atoms with Gasteiger partial charge in [-0.25, -0.2) is 9.18 Å². The van der Waals surface area contributed by atoms with Gasteiger partial charge in [0, 0.05) is 35.2 Å². The van der Waals surface area contributed by atoms with Gasteiger partial charge in [-0.3, -0.25) is 4.79 Å². The molecule has 40 heavy (non-hydrogen) atoms. The highest BCUT2D eigenvalue weighted by molar-refractivity contribution is 6.61. The highest BCUT2D eigenvalue weighted by atomic mass is 19.1. The van der Waals surface area contributed by atoms with E-state index in [1.807, 2.05) is 19.0 Å². The van der Waals surface area contributed by atoms with Crippen LogP contribution in [0.15, 0.2) is 12.1 Å². The molecule has 2 N–H and O–H groups in total. The highest BCUT2D eigenvalue weighted by Crippen LogP contribution is 2.67. The summed E-state index contributed by atoms with van der Waals surface area (Å²) in [6.07, 6.45) is 2.03. The number of aliphatic hydroxyl groups is 1. The van der Waals surface area contributed by atoms with Crippen molar-refractivity contribution in [1.82, 2.24) is 4.90 Å². The Morgan fingerprint density at radius 1 is 1.25 bits per heavy atom. The van der Waals surface area contributed by atoms with Gasteiger partial charge in [0.25, 0.3) is 0 Å². The predicted octanol–water partition coefficient (Wildman–Crippen LogP) is 2.70. The largest absolute Gasteiger partial charge is 0.494 e. The van der Waals surface area contributed by atoms with Crippen LogP contribution in [0.5, 0.6) is 5.75 Å². The standard InChI is InChI=1S/C30H43BFNO7/c1-17-9-11-30-12-10-20(34)26(30)29(17,4)22(13-28(3,16-33(5)6)27(36)18(30)2)40-23(35)15-38-21-8-7-19-14-39-31(37)24(19)25(21)32/h7-8,17-18,22,26-27,36-37H,9-16H2,1-6H3/t17-,18-,22+,26-,27-,28-,29-,30-/m0/s1. The first kappa shape index (κ1) is 29.5. The summed E-state index contributed by atoms with van der Waals surface area (Å²) in [5.74, 6) is -1.66. The number of fused-ring (bicyclic) bond motifs is 1. The normalized spacial score (nSPS) is 39.0. The number of carbonyl (C=O) groups is 2. The summed E-state index contributed by atoms with van der Waals surface area (Å²) in [6, 6.07) is 3.02. The van der Waals surface area contributed by atoms with E-state index < -0.39 is 48.5 Å². The van der Waals surface area contributed by atoms with E-state index in [0.29, 0.717) is 24.9 Å². The molecule has 3 aliphatic carbocycles. The van der Waals surface area contributed by atoms with Crippen LogP contribution >= 0.6 is 0 Å². The molecular weight excluding hydrogens is 516 g/mol. The summed E-state index contributed by atoms with van der Waals surface area (Å²) in [5.41, 5.74) is -1.01. The Labute approximate surface area is 236 Å². The van der Waals surface area contributed by atoms with E-state index in [-0.39, 0.29) is 46.8 Å². The molecule has 8 atom stereocenters. The van der Waals surface area contributed by atoms with Crippen molar-refractivity contribution < 1.29 is 38.2 Å². The van der Waals surface area contributed by atoms with Crippen LogP contribution in [0.4, 0.5) is 4.39 Å². The Bertz CT molecular complexity index is 1180. The Morgan fingerprint density at radius 2 is 1.98 bits per heavy atom. The Hall–Kier alpha value is -2.01. The number of halogens is 1. The van der Waals surface area contributed by atoms with Crippen LogP contribution in [0.25, 0.3) is 0 Å². The second-order valence-corrected chi connectivity index (χ2v) is 13.6. The molecule has 0 saturated heterocycles. The first-order chi connectivity index (χ1) is 18.7. The van der Waals surface area contributed by atoms with Crippen molar-refractivity contribution in [3.8, 4) is 5.75 Å². The lowest BCUT2D eigenvalue weighted by atomic mass is 9.44. The number of Topliss-reactive ketones (excluding diaryl/α,β-unsaturated/α-hetero) is 1. The molecule has 8 nitrogen and oxygen atoms in total. The summed E-state index contributed by atoms with van der Waals surface area (Å²) in [4.78, 5) is 29.0. The van der Waals surface area contributed by atoms with Crippen LogP contribution in [0.2, 0.25) is 0 Å². The molecule has 3 fully saturated rings. The van der Waals surface area contributed by atoms with Crippen molar-refractivity contribution in [3.63, 3.8) is 0 Å². The van der Waals surface area contributed by atoms with Gasteiger partial charge in [-0.15, -0.1) is 0 Å². The number of nitrogens with zero attached hydrogens (tertiary/aromatic N) is 1. The van der Waals surface area contributed by atoms with Gasteiger partial charge < -0.3 is 29.2 Å². The Balaban J connectivity index is 1.46. The summed E-state index contributed by atoms with van der Waals surface area (Å²) >= 11 is 0. The maximum absolute atomic E-state index is 15.0. The average Bonchev–Trinajstić information content (AvgIpc) is 3.44. The number of rotatable bonds is 6. The van der Waals surface area contributed by atoms with Gasteiger partial charge in [0.1, 0.15) is 11.9 Å². The van der Waals surface area contributed by atoms with E-state index >= 15 is 4.39 Å². The number of benzene rings is 1. The third-order valence-electron chi connectivity index (χ3n) is 11.1. The van der Waals surface area contributed by atoms with Gasteiger partial charge in [-0.05, 0) is 68.7 Å². The highest BCUT2D eigenvalue weighted by Gasteiger charge is 2.68. The zero-order valence-electron chi connectivity index (χ0n) is 24.5. The summed E-state index contributed by atoms with van der Waals surface area (Å²) in [7, 11) is 2.56. The van der Waals surface area contributed by atoms with E-state index in [4.69, 9.17) is 14.1 Å². The van der Waals surface area contributed by atoms with E-state index in [1.54, 1.807) is 6.07 Å². The van der Waals surface area contributed by atoms with Crippen molar-refractivity contribution >= 4 is 24.3 Å². The fourth-order valence-electron chi connectivity index (χ4n) is 8.93. The van der Waals surface area contributed by atoms with E-state index in [1.165, 1.54) is 6.07 Å². The third-order valence-corrected chi connectivity index (χ3v) is 11.1. The van der Waals surface area contributed by atoms with Crippen LogP contribution < -0.4 is 10.2 Å². The summed E-state index contributed by atoms with van der Waals surface area (Å²) in [6.45, 7) is 8.57. The minimum atomic E-state index is -1.37. The molecule has 4 aliphatic rings. The zero-order chi connectivity index (χ0) is 29.2. The summed E-state index contributed by atoms with van der Waals surface area (Å²) < 4.78 is 31.9. The molecule has 1 aromatic carbocycles. The number of aliphatic hydroxyl groups excluding tert-OH is 1. The lowest BCUT2D eigenvalue weighted by Crippen LogP contribution is -2.64. The maximum Gasteiger partial charge on any atom is 0.494 e. The molecule has 1 heterocycles. The molecule has 0 aromatic heterocycles. The first-order valence-electron chi connectivity index (χ1n) is 14.5. The molecule has 1 aromatic rings. The number of hydrogen-bond acceptors (Lipinski definition) is 8. The van der Waals surface area contributed by atoms with E-state index in [2.05, 4.69) is 27.7 Å². The van der Waals surface area contributed by atoms with Crippen LogP contribution in [0.3, 0.4) is 0 Å². The van der Waals surface area contributed by atoms with Crippen molar-refractivity contribution in [2.75, 3.05) is 27.2 Å². The number of ether oxygens (including phenoxy) is 2. The van der Waals surface area contributed by atoms with Crippen molar-refractivity contribution in [3.05, 3.63) is 23.5 Å². The molecule has 5 rings (SSSR count).